The second-order valence-electron chi connectivity index (χ2n) is 5.44. The molecule has 2 aromatic carbocycles. The summed E-state index contributed by atoms with van der Waals surface area (Å²) < 4.78 is 10.2. The van der Waals surface area contributed by atoms with Crippen LogP contribution in [0.4, 0.5) is 0 Å². The molecular formula is C20H17N3O3S. The van der Waals surface area contributed by atoms with Crippen molar-refractivity contribution in [2.45, 2.75) is 12.1 Å². The molecular weight excluding hydrogens is 362 g/mol. The predicted molar refractivity (Wildman–Crippen MR) is 104 cm³/mol. The highest BCUT2D eigenvalue weighted by Crippen LogP contribution is 2.27. The average Bonchev–Trinajstić information content (AvgIpc) is 3.09. The summed E-state index contributed by atoms with van der Waals surface area (Å²) >= 11 is 1.27. The van der Waals surface area contributed by atoms with Gasteiger partial charge in [-0.2, -0.15) is 5.26 Å². The minimum Gasteiger partial charge on any atom is -0.482 e. The van der Waals surface area contributed by atoms with Crippen molar-refractivity contribution in [3.8, 4) is 11.8 Å². The van der Waals surface area contributed by atoms with E-state index in [1.165, 1.54) is 11.8 Å². The van der Waals surface area contributed by atoms with Crippen LogP contribution in [0.3, 0.4) is 0 Å². The van der Waals surface area contributed by atoms with Crippen LogP contribution >= 0.6 is 11.8 Å². The summed E-state index contributed by atoms with van der Waals surface area (Å²) in [4.78, 5) is 19.5. The summed E-state index contributed by atoms with van der Waals surface area (Å²) in [6.07, 6.45) is 1.77. The second kappa shape index (κ2) is 8.92. The highest BCUT2D eigenvalue weighted by atomic mass is 32.2. The molecule has 0 amide bonds. The van der Waals surface area contributed by atoms with E-state index in [0.717, 1.165) is 16.6 Å². The van der Waals surface area contributed by atoms with E-state index in [4.69, 9.17) is 9.47 Å². The number of carbonyl (C=O) groups excluding carboxylic acids is 1. The first-order valence-corrected chi connectivity index (χ1v) is 9.12. The number of para-hydroxylation sites is 2. The maximum Gasteiger partial charge on any atom is 0.344 e. The van der Waals surface area contributed by atoms with E-state index < -0.39 is 5.97 Å². The number of rotatable bonds is 7. The van der Waals surface area contributed by atoms with Crippen LogP contribution in [0.25, 0.3) is 17.1 Å². The van der Waals surface area contributed by atoms with Gasteiger partial charge in [0, 0.05) is 0 Å². The van der Waals surface area contributed by atoms with Gasteiger partial charge in [0.1, 0.15) is 11.8 Å². The molecule has 0 radical (unpaired) electrons. The van der Waals surface area contributed by atoms with Crippen molar-refractivity contribution in [3.05, 3.63) is 59.0 Å². The van der Waals surface area contributed by atoms with E-state index in [-0.39, 0.29) is 6.61 Å². The van der Waals surface area contributed by atoms with Gasteiger partial charge in [-0.15, -0.1) is 0 Å². The Morgan fingerprint density at radius 2 is 2.04 bits per heavy atom. The zero-order valence-electron chi connectivity index (χ0n) is 14.6. The number of ether oxygens (including phenoxy) is 2. The fourth-order valence-electron chi connectivity index (χ4n) is 2.32. The monoisotopic (exact) mass is 379 g/mol. The molecule has 0 aliphatic carbocycles. The van der Waals surface area contributed by atoms with Crippen molar-refractivity contribution in [1.82, 2.24) is 9.97 Å². The Balaban J connectivity index is 1.66. The van der Waals surface area contributed by atoms with Gasteiger partial charge < -0.3 is 14.5 Å². The molecule has 0 aliphatic rings. The third kappa shape index (κ3) is 5.12. The summed E-state index contributed by atoms with van der Waals surface area (Å²) in [5, 5.41) is 10.1. The summed E-state index contributed by atoms with van der Waals surface area (Å²) in [5.41, 5.74) is 2.64. The fraction of sp³-hybridized carbons (Fsp3) is 0.150. The summed E-state index contributed by atoms with van der Waals surface area (Å²) in [6.45, 7) is 1.94. The van der Waals surface area contributed by atoms with E-state index >= 15 is 0 Å². The number of hydrogen-bond donors (Lipinski definition) is 1. The van der Waals surface area contributed by atoms with Gasteiger partial charge in [-0.25, -0.2) is 9.78 Å². The first kappa shape index (κ1) is 18.5. The van der Waals surface area contributed by atoms with Crippen molar-refractivity contribution in [2.24, 2.45) is 0 Å². The van der Waals surface area contributed by atoms with Crippen molar-refractivity contribution < 1.29 is 14.3 Å². The van der Waals surface area contributed by atoms with Crippen LogP contribution < -0.4 is 4.74 Å². The van der Waals surface area contributed by atoms with Crippen molar-refractivity contribution in [3.63, 3.8) is 0 Å². The lowest BCUT2D eigenvalue weighted by Crippen LogP contribution is -2.14. The number of esters is 1. The molecule has 0 fully saturated rings. The topological polar surface area (TPSA) is 88.0 Å². The molecule has 0 unspecified atom stereocenters. The molecule has 0 atom stereocenters. The van der Waals surface area contributed by atoms with E-state index in [1.54, 1.807) is 25.1 Å². The molecule has 0 saturated carbocycles. The smallest absolute Gasteiger partial charge is 0.344 e. The zero-order chi connectivity index (χ0) is 19.1. The van der Waals surface area contributed by atoms with Gasteiger partial charge in [-0.05, 0) is 54.6 Å². The number of allylic oxidation sites excluding steroid dienone is 1. The van der Waals surface area contributed by atoms with Gasteiger partial charge in [0.05, 0.1) is 22.5 Å². The normalized spacial score (nSPS) is 11.2. The first-order chi connectivity index (χ1) is 13.2. The molecule has 0 saturated heterocycles. The number of thioether (sulfide) groups is 1. The van der Waals surface area contributed by atoms with Gasteiger partial charge in [-0.3, -0.25) is 0 Å². The van der Waals surface area contributed by atoms with E-state index in [0.29, 0.717) is 22.4 Å². The summed E-state index contributed by atoms with van der Waals surface area (Å²) in [5.74, 6) is 0.152. The number of benzene rings is 2. The standard InChI is InChI=1S/C20H17N3O3S/c1-2-25-19(24)13-26-15-9-7-14(8-10-15)11-16(12-21)27-20-22-17-5-3-4-6-18(17)23-20/h3-11H,2,13H2,1H3,(H,22,23)/b16-11+. The molecule has 27 heavy (non-hydrogen) atoms. The molecule has 3 rings (SSSR count). The average molecular weight is 379 g/mol. The van der Waals surface area contributed by atoms with Crippen LogP contribution in [0.15, 0.2) is 58.6 Å². The largest absolute Gasteiger partial charge is 0.482 e. The number of hydrogen-bond acceptors (Lipinski definition) is 6. The van der Waals surface area contributed by atoms with Crippen LogP contribution in [-0.2, 0) is 9.53 Å². The van der Waals surface area contributed by atoms with Gasteiger partial charge in [-0.1, -0.05) is 24.3 Å². The number of nitrogens with one attached hydrogen (secondary N) is 1. The summed E-state index contributed by atoms with van der Waals surface area (Å²) in [6, 6.07) is 17.0. The number of nitriles is 1. The van der Waals surface area contributed by atoms with Crippen LogP contribution in [0.1, 0.15) is 12.5 Å². The fourth-order valence-corrected chi connectivity index (χ4v) is 3.08. The molecule has 1 heterocycles. The van der Waals surface area contributed by atoms with Crippen molar-refractivity contribution in [1.29, 1.82) is 5.26 Å². The van der Waals surface area contributed by atoms with Gasteiger partial charge >= 0.3 is 5.97 Å². The van der Waals surface area contributed by atoms with E-state index in [1.807, 2.05) is 36.4 Å². The maximum absolute atomic E-state index is 11.3. The van der Waals surface area contributed by atoms with E-state index in [2.05, 4.69) is 16.0 Å². The van der Waals surface area contributed by atoms with Crippen LogP contribution in [0, 0.1) is 11.3 Å². The maximum atomic E-state index is 11.3. The Labute approximate surface area is 160 Å². The number of aromatic amines is 1. The van der Waals surface area contributed by atoms with Crippen LogP contribution in [0.2, 0.25) is 0 Å². The molecule has 136 valence electrons. The number of fused-ring (bicyclic) bond motifs is 1. The van der Waals surface area contributed by atoms with Gasteiger partial charge in [0.15, 0.2) is 11.8 Å². The number of aromatic nitrogens is 2. The SMILES string of the molecule is CCOC(=O)COc1ccc(/C=C(\C#N)Sc2nc3ccccc3[nH]2)cc1. The molecule has 6 nitrogen and oxygen atoms in total. The Morgan fingerprint density at radius 1 is 1.26 bits per heavy atom. The third-order valence-electron chi connectivity index (χ3n) is 3.52. The Hall–Kier alpha value is -3.24. The minimum atomic E-state index is -0.407. The minimum absolute atomic E-state index is 0.131. The van der Waals surface area contributed by atoms with Crippen LogP contribution in [-0.4, -0.2) is 29.2 Å². The lowest BCUT2D eigenvalue weighted by Gasteiger charge is -2.05. The van der Waals surface area contributed by atoms with E-state index in [9.17, 15) is 10.1 Å². The molecule has 0 spiro atoms. The molecule has 7 heteroatoms. The first-order valence-electron chi connectivity index (χ1n) is 8.31. The lowest BCUT2D eigenvalue weighted by atomic mass is 10.2. The molecule has 0 bridgehead atoms. The quantitative estimate of drug-likeness (QED) is 0.377. The molecule has 1 aromatic heterocycles. The van der Waals surface area contributed by atoms with Crippen LogP contribution in [0.5, 0.6) is 5.75 Å². The predicted octanol–water partition coefficient (Wildman–Crippen LogP) is 4.16. The number of imidazole rings is 1. The van der Waals surface area contributed by atoms with Crippen molar-refractivity contribution in [2.75, 3.05) is 13.2 Å². The van der Waals surface area contributed by atoms with Gasteiger partial charge in [0.25, 0.3) is 0 Å². The Bertz CT molecular complexity index is 970. The Kier molecular flexibility index (Phi) is 6.13. The Morgan fingerprint density at radius 3 is 2.74 bits per heavy atom. The zero-order valence-corrected chi connectivity index (χ0v) is 15.5. The second-order valence-corrected chi connectivity index (χ2v) is 6.47. The number of nitrogens with zero attached hydrogens (tertiary/aromatic N) is 2. The summed E-state index contributed by atoms with van der Waals surface area (Å²) in [7, 11) is 0. The highest BCUT2D eigenvalue weighted by molar-refractivity contribution is 8.03. The van der Waals surface area contributed by atoms with Crippen molar-refractivity contribution >= 4 is 34.8 Å². The molecule has 3 aromatic rings. The molecule has 0 aliphatic heterocycles. The highest BCUT2D eigenvalue weighted by Gasteiger charge is 2.07. The van der Waals surface area contributed by atoms with Gasteiger partial charge in [0.2, 0.25) is 0 Å². The number of carbonyl (C=O) groups is 1. The molecule has 1 N–H and O–H groups in total. The third-order valence-corrected chi connectivity index (χ3v) is 4.34. The number of H-pyrrole nitrogens is 1. The lowest BCUT2D eigenvalue weighted by molar-refractivity contribution is -0.145.